The Morgan fingerprint density at radius 1 is 1.13 bits per heavy atom. The number of hydrogen-bond acceptors (Lipinski definition) is 3. The monoisotopic (exact) mass is 356 g/mol. The van der Waals surface area contributed by atoms with Crippen LogP contribution in [-0.4, -0.2) is 49.7 Å². The van der Waals surface area contributed by atoms with Gasteiger partial charge in [-0.3, -0.25) is 4.79 Å². The van der Waals surface area contributed by atoms with Gasteiger partial charge < -0.3 is 5.32 Å². The summed E-state index contributed by atoms with van der Waals surface area (Å²) in [5.41, 5.74) is 0. The molecule has 1 heterocycles. The number of piperidine rings is 1. The molecule has 2 fully saturated rings. The number of hydrogen-bond donors (Lipinski definition) is 1. The molecule has 3 atom stereocenters. The van der Waals surface area contributed by atoms with Crippen LogP contribution in [0.4, 0.5) is 13.2 Å². The number of amides is 1. The van der Waals surface area contributed by atoms with Crippen molar-refractivity contribution in [2.75, 3.05) is 12.8 Å². The van der Waals surface area contributed by atoms with Crippen LogP contribution in [0, 0.1) is 5.92 Å². The molecule has 23 heavy (non-hydrogen) atoms. The zero-order valence-electron chi connectivity index (χ0n) is 13.1. The molecule has 0 radical (unpaired) electrons. The van der Waals surface area contributed by atoms with Gasteiger partial charge in [-0.05, 0) is 32.1 Å². The van der Waals surface area contributed by atoms with Crippen LogP contribution < -0.4 is 5.32 Å². The molecular weight excluding hydrogens is 333 g/mol. The van der Waals surface area contributed by atoms with Gasteiger partial charge in [0.15, 0.2) is 0 Å². The SMILES string of the molecule is CS(=O)(=O)N1CCCC[C@@H]1C(=O)N[C@@H]1CCC[C@@H](C(F)(F)F)C1. The minimum absolute atomic E-state index is 0.0920. The molecule has 2 aliphatic rings. The first kappa shape index (κ1) is 18.5. The van der Waals surface area contributed by atoms with Gasteiger partial charge in [0.05, 0.1) is 12.2 Å². The highest BCUT2D eigenvalue weighted by molar-refractivity contribution is 7.88. The second-order valence-corrected chi connectivity index (χ2v) is 8.43. The lowest BCUT2D eigenvalue weighted by Gasteiger charge is -2.35. The molecular formula is C14H23F3N2O3S. The maximum Gasteiger partial charge on any atom is 0.391 e. The molecule has 1 saturated heterocycles. The normalized spacial score (nSPS) is 30.9. The lowest BCUT2D eigenvalue weighted by molar-refractivity contribution is -0.184. The molecule has 2 rings (SSSR count). The van der Waals surface area contributed by atoms with Crippen molar-refractivity contribution in [1.82, 2.24) is 9.62 Å². The molecule has 1 amide bonds. The highest BCUT2D eigenvalue weighted by Gasteiger charge is 2.43. The van der Waals surface area contributed by atoms with Crippen molar-refractivity contribution in [2.24, 2.45) is 5.92 Å². The number of carbonyl (C=O) groups excluding carboxylic acids is 1. The van der Waals surface area contributed by atoms with Crippen LogP contribution in [0.25, 0.3) is 0 Å². The number of carbonyl (C=O) groups is 1. The van der Waals surface area contributed by atoms with E-state index in [4.69, 9.17) is 0 Å². The van der Waals surface area contributed by atoms with Crippen LogP contribution >= 0.6 is 0 Å². The van der Waals surface area contributed by atoms with E-state index in [1.165, 1.54) is 0 Å². The largest absolute Gasteiger partial charge is 0.391 e. The van der Waals surface area contributed by atoms with E-state index in [1.54, 1.807) is 0 Å². The predicted molar refractivity (Wildman–Crippen MR) is 79.1 cm³/mol. The van der Waals surface area contributed by atoms with E-state index < -0.39 is 40.1 Å². The van der Waals surface area contributed by atoms with Gasteiger partial charge in [-0.15, -0.1) is 0 Å². The molecule has 1 saturated carbocycles. The van der Waals surface area contributed by atoms with Gasteiger partial charge in [0.2, 0.25) is 15.9 Å². The first-order valence-corrected chi connectivity index (χ1v) is 9.78. The molecule has 0 unspecified atom stereocenters. The van der Waals surface area contributed by atoms with Gasteiger partial charge in [-0.25, -0.2) is 8.42 Å². The first-order valence-electron chi connectivity index (χ1n) is 7.93. The summed E-state index contributed by atoms with van der Waals surface area (Å²) in [6.07, 6.45) is -0.467. The molecule has 0 aromatic carbocycles. The summed E-state index contributed by atoms with van der Waals surface area (Å²) in [4.78, 5) is 12.4. The topological polar surface area (TPSA) is 66.5 Å². The Morgan fingerprint density at radius 3 is 2.43 bits per heavy atom. The predicted octanol–water partition coefficient (Wildman–Crippen LogP) is 2.04. The molecule has 134 valence electrons. The highest BCUT2D eigenvalue weighted by atomic mass is 32.2. The van der Waals surface area contributed by atoms with Gasteiger partial charge in [-0.2, -0.15) is 17.5 Å². The van der Waals surface area contributed by atoms with Gasteiger partial charge in [0.1, 0.15) is 6.04 Å². The van der Waals surface area contributed by atoms with Crippen molar-refractivity contribution < 1.29 is 26.4 Å². The van der Waals surface area contributed by atoms with Gasteiger partial charge in [-0.1, -0.05) is 12.8 Å². The van der Waals surface area contributed by atoms with E-state index in [-0.39, 0.29) is 19.4 Å². The Hall–Kier alpha value is -0.830. The summed E-state index contributed by atoms with van der Waals surface area (Å²) in [5, 5.41) is 2.65. The van der Waals surface area contributed by atoms with Crippen LogP contribution in [0.3, 0.4) is 0 Å². The third-order valence-electron chi connectivity index (χ3n) is 4.67. The Bertz CT molecular complexity index is 536. The third-order valence-corrected chi connectivity index (χ3v) is 5.95. The summed E-state index contributed by atoms with van der Waals surface area (Å²) >= 11 is 0. The van der Waals surface area contributed by atoms with Crippen LogP contribution in [-0.2, 0) is 14.8 Å². The Kier molecular flexibility index (Phi) is 5.60. The second-order valence-electron chi connectivity index (χ2n) is 6.50. The number of nitrogens with one attached hydrogen (secondary N) is 1. The summed E-state index contributed by atoms with van der Waals surface area (Å²) in [6, 6.07) is -1.34. The summed E-state index contributed by atoms with van der Waals surface area (Å²) in [5.74, 6) is -1.86. The Balaban J connectivity index is 2.00. The molecule has 1 N–H and O–H groups in total. The number of nitrogens with zero attached hydrogens (tertiary/aromatic N) is 1. The lowest BCUT2D eigenvalue weighted by Crippen LogP contribution is -2.54. The standard InChI is InChI=1S/C14H23F3N2O3S/c1-23(21,22)19-8-3-2-7-12(19)13(20)18-11-6-4-5-10(9-11)14(15,16)17/h10-12H,2-9H2,1H3,(H,18,20)/t10-,11-,12-/m1/s1. The first-order chi connectivity index (χ1) is 10.6. The minimum Gasteiger partial charge on any atom is -0.352 e. The molecule has 0 bridgehead atoms. The van der Waals surface area contributed by atoms with Crippen LogP contribution in [0.5, 0.6) is 0 Å². The van der Waals surface area contributed by atoms with E-state index in [0.717, 1.165) is 17.0 Å². The Labute approximate surface area is 134 Å². The van der Waals surface area contributed by atoms with Crippen molar-refractivity contribution >= 4 is 15.9 Å². The zero-order valence-corrected chi connectivity index (χ0v) is 13.9. The average molecular weight is 356 g/mol. The van der Waals surface area contributed by atoms with Gasteiger partial charge in [0, 0.05) is 12.6 Å². The van der Waals surface area contributed by atoms with Gasteiger partial charge in [0.25, 0.3) is 0 Å². The molecule has 1 aliphatic carbocycles. The molecule has 0 spiro atoms. The fourth-order valence-electron chi connectivity index (χ4n) is 3.48. The maximum atomic E-state index is 12.8. The average Bonchev–Trinajstić information content (AvgIpc) is 2.46. The van der Waals surface area contributed by atoms with E-state index in [2.05, 4.69) is 5.32 Å². The van der Waals surface area contributed by atoms with Crippen molar-refractivity contribution in [3.05, 3.63) is 0 Å². The molecule has 0 aromatic heterocycles. The summed E-state index contributed by atoms with van der Waals surface area (Å²) in [7, 11) is -3.50. The van der Waals surface area contributed by atoms with E-state index in [1.807, 2.05) is 0 Å². The number of halogens is 3. The second kappa shape index (κ2) is 6.96. The highest BCUT2D eigenvalue weighted by Crippen LogP contribution is 2.37. The smallest absolute Gasteiger partial charge is 0.352 e. The summed E-state index contributed by atoms with van der Waals surface area (Å²) < 4.78 is 63.2. The Morgan fingerprint density at radius 2 is 1.83 bits per heavy atom. The van der Waals surface area contributed by atoms with Crippen LogP contribution in [0.1, 0.15) is 44.9 Å². The molecule has 9 heteroatoms. The van der Waals surface area contributed by atoms with Crippen molar-refractivity contribution in [3.63, 3.8) is 0 Å². The minimum atomic E-state index is -4.24. The van der Waals surface area contributed by atoms with Crippen LogP contribution in [0.15, 0.2) is 0 Å². The number of alkyl halides is 3. The third kappa shape index (κ3) is 4.82. The van der Waals surface area contributed by atoms with E-state index >= 15 is 0 Å². The summed E-state index contributed by atoms with van der Waals surface area (Å²) in [6.45, 7) is 0.284. The number of rotatable bonds is 3. The molecule has 5 nitrogen and oxygen atoms in total. The van der Waals surface area contributed by atoms with Crippen molar-refractivity contribution in [1.29, 1.82) is 0 Å². The van der Waals surface area contributed by atoms with Crippen molar-refractivity contribution in [2.45, 2.75) is 63.2 Å². The van der Waals surface area contributed by atoms with E-state index in [9.17, 15) is 26.4 Å². The fourth-order valence-corrected chi connectivity index (χ4v) is 4.60. The molecule has 1 aliphatic heterocycles. The molecule has 0 aromatic rings. The fraction of sp³-hybridized carbons (Fsp3) is 0.929. The number of sulfonamides is 1. The maximum absolute atomic E-state index is 12.8. The lowest BCUT2D eigenvalue weighted by atomic mass is 9.85. The van der Waals surface area contributed by atoms with Crippen molar-refractivity contribution in [3.8, 4) is 0 Å². The van der Waals surface area contributed by atoms with E-state index in [0.29, 0.717) is 25.7 Å². The quantitative estimate of drug-likeness (QED) is 0.842. The zero-order chi connectivity index (χ0) is 17.3. The van der Waals surface area contributed by atoms with Gasteiger partial charge >= 0.3 is 6.18 Å². The van der Waals surface area contributed by atoms with Crippen LogP contribution in [0.2, 0.25) is 0 Å².